The largest absolute Gasteiger partial charge is 0.506 e. The van der Waals surface area contributed by atoms with Crippen molar-refractivity contribution < 1.29 is 15.0 Å². The maximum absolute atomic E-state index is 11.0. The number of nitrogens with two attached hydrogens (primary N) is 1. The number of nitrogens with one attached hydrogen (secondary N) is 1. The van der Waals surface area contributed by atoms with Crippen LogP contribution in [0, 0.1) is 13.8 Å². The maximum Gasteiger partial charge on any atom is 0.150 e. The molecule has 0 fully saturated rings. The number of aryl methyl sites for hydroxylation is 2. The molecule has 0 bridgehead atoms. The molecule has 0 radical (unpaired) electrons. The average molecular weight is 839 g/mol. The van der Waals surface area contributed by atoms with Crippen LogP contribution in [0.15, 0.2) is 140 Å². The van der Waals surface area contributed by atoms with E-state index in [1.807, 2.05) is 92.7 Å². The summed E-state index contributed by atoms with van der Waals surface area (Å²) in [6, 6.07) is 37.8. The number of aromatic nitrogens is 4. The van der Waals surface area contributed by atoms with Gasteiger partial charge in [-0.05, 0) is 86.1 Å². The number of nitrogens with zero attached hydrogens (tertiary/aromatic N) is 4. The van der Waals surface area contributed by atoms with Crippen molar-refractivity contribution in [3.05, 3.63) is 188 Å². The van der Waals surface area contributed by atoms with E-state index in [4.69, 9.17) is 52.1 Å². The number of anilines is 2. The SMILES string of the molecule is Cc1cccc(N)n1.Cc1cccc(NC(c2ccc(Cl)c(Cl)c2)c2ccc3cccnc3c2O)n1.O=Cc1ccc(Cl)c(Cl)c1.Oc1cccc2cccnc12. The molecule has 0 saturated carbocycles. The Morgan fingerprint density at radius 1 is 0.632 bits per heavy atom. The van der Waals surface area contributed by atoms with Crippen LogP contribution in [0.3, 0.4) is 0 Å². The van der Waals surface area contributed by atoms with Gasteiger partial charge >= 0.3 is 0 Å². The van der Waals surface area contributed by atoms with Crippen molar-refractivity contribution in [1.82, 2.24) is 19.9 Å². The highest BCUT2D eigenvalue weighted by molar-refractivity contribution is 6.42. The smallest absolute Gasteiger partial charge is 0.150 e. The second kappa shape index (κ2) is 20.3. The van der Waals surface area contributed by atoms with Gasteiger partial charge in [-0.25, -0.2) is 9.97 Å². The van der Waals surface area contributed by atoms with Crippen LogP contribution in [-0.2, 0) is 0 Å². The zero-order valence-electron chi connectivity index (χ0n) is 30.6. The summed E-state index contributed by atoms with van der Waals surface area (Å²) < 4.78 is 0. The number of benzene rings is 4. The highest BCUT2D eigenvalue weighted by atomic mass is 35.5. The zero-order chi connectivity index (χ0) is 40.9. The van der Waals surface area contributed by atoms with Crippen molar-refractivity contribution in [2.45, 2.75) is 19.9 Å². The number of aldehydes is 1. The molecule has 0 aliphatic heterocycles. The molecule has 0 aliphatic rings. The monoisotopic (exact) mass is 836 g/mol. The lowest BCUT2D eigenvalue weighted by atomic mass is 9.96. The first kappa shape index (κ1) is 42.2. The van der Waals surface area contributed by atoms with Crippen LogP contribution >= 0.6 is 46.4 Å². The summed E-state index contributed by atoms with van der Waals surface area (Å²) >= 11 is 23.5. The van der Waals surface area contributed by atoms with Crippen LogP contribution in [0.2, 0.25) is 20.1 Å². The molecule has 4 aromatic heterocycles. The molecule has 9 nitrogen and oxygen atoms in total. The molecule has 1 unspecified atom stereocenters. The Morgan fingerprint density at radius 2 is 1.23 bits per heavy atom. The van der Waals surface area contributed by atoms with Gasteiger partial charge in [0.05, 0.1) is 26.1 Å². The van der Waals surface area contributed by atoms with Crippen molar-refractivity contribution in [3.8, 4) is 11.5 Å². The molecule has 57 heavy (non-hydrogen) atoms. The molecule has 0 spiro atoms. The summed E-state index contributed by atoms with van der Waals surface area (Å²) in [5.41, 5.74) is 10.5. The highest BCUT2D eigenvalue weighted by Crippen LogP contribution is 2.38. The van der Waals surface area contributed by atoms with E-state index in [0.717, 1.165) is 34.0 Å². The van der Waals surface area contributed by atoms with Gasteiger partial charge in [-0.1, -0.05) is 107 Å². The van der Waals surface area contributed by atoms with Crippen molar-refractivity contribution in [2.24, 2.45) is 0 Å². The first-order valence-electron chi connectivity index (χ1n) is 17.3. The number of phenols is 2. The number of hydrogen-bond donors (Lipinski definition) is 4. The van der Waals surface area contributed by atoms with Crippen molar-refractivity contribution in [1.29, 1.82) is 0 Å². The van der Waals surface area contributed by atoms with Crippen LogP contribution in [0.4, 0.5) is 11.6 Å². The van der Waals surface area contributed by atoms with Gasteiger partial charge < -0.3 is 21.3 Å². The third kappa shape index (κ3) is 11.8. The number of halogens is 4. The number of fused-ring (bicyclic) bond motifs is 2. The molecule has 13 heteroatoms. The quantitative estimate of drug-likeness (QED) is 0.124. The summed E-state index contributed by atoms with van der Waals surface area (Å²) in [5, 5.41) is 27.3. The molecule has 288 valence electrons. The number of carbonyl (C=O) groups is 1. The first-order valence-corrected chi connectivity index (χ1v) is 18.8. The van der Waals surface area contributed by atoms with E-state index in [1.54, 1.807) is 54.9 Å². The number of pyridine rings is 4. The Bertz CT molecular complexity index is 2610. The van der Waals surface area contributed by atoms with Gasteiger partial charge in [0, 0.05) is 45.7 Å². The minimum Gasteiger partial charge on any atom is -0.506 e. The van der Waals surface area contributed by atoms with E-state index in [1.165, 1.54) is 6.07 Å². The molecule has 0 aliphatic carbocycles. The van der Waals surface area contributed by atoms with Gasteiger partial charge in [-0.15, -0.1) is 0 Å². The second-order valence-corrected chi connectivity index (χ2v) is 14.0. The molecule has 8 aromatic rings. The summed E-state index contributed by atoms with van der Waals surface area (Å²) in [4.78, 5) is 27.0. The summed E-state index contributed by atoms with van der Waals surface area (Å²) in [6.07, 6.45) is 4.06. The number of nitrogen functional groups attached to an aromatic ring is 1. The molecule has 4 aromatic carbocycles. The minimum absolute atomic E-state index is 0.120. The van der Waals surface area contributed by atoms with E-state index < -0.39 is 6.04 Å². The fourth-order valence-electron chi connectivity index (χ4n) is 5.42. The zero-order valence-corrected chi connectivity index (χ0v) is 33.6. The number of carbonyl (C=O) groups excluding carboxylic acids is 1. The Balaban J connectivity index is 0.000000173. The first-order chi connectivity index (χ1) is 27.4. The number of rotatable bonds is 5. The van der Waals surface area contributed by atoms with Gasteiger partial charge in [0.25, 0.3) is 0 Å². The number of aromatic hydroxyl groups is 2. The van der Waals surface area contributed by atoms with Crippen molar-refractivity contribution in [3.63, 3.8) is 0 Å². The Morgan fingerprint density at radius 3 is 1.82 bits per heavy atom. The van der Waals surface area contributed by atoms with Crippen LogP contribution in [0.1, 0.15) is 38.9 Å². The molecule has 0 saturated heterocycles. The van der Waals surface area contributed by atoms with Crippen LogP contribution in [-0.4, -0.2) is 36.4 Å². The molecule has 5 N–H and O–H groups in total. The lowest BCUT2D eigenvalue weighted by Gasteiger charge is -2.22. The number of para-hydroxylation sites is 1. The molecule has 0 amide bonds. The highest BCUT2D eigenvalue weighted by Gasteiger charge is 2.21. The molecule has 4 heterocycles. The molecular weight excluding hydrogens is 802 g/mol. The van der Waals surface area contributed by atoms with Gasteiger partial charge in [0.2, 0.25) is 0 Å². The molecule has 8 rings (SSSR count). The fraction of sp³-hybridized carbons (Fsp3) is 0.0682. The van der Waals surface area contributed by atoms with Crippen molar-refractivity contribution >= 4 is 86.1 Å². The van der Waals surface area contributed by atoms with Crippen LogP contribution in [0.5, 0.6) is 11.5 Å². The van der Waals surface area contributed by atoms with E-state index in [2.05, 4.69) is 25.3 Å². The third-order valence-electron chi connectivity index (χ3n) is 8.15. The van der Waals surface area contributed by atoms with E-state index >= 15 is 0 Å². The summed E-state index contributed by atoms with van der Waals surface area (Å²) in [7, 11) is 0. The van der Waals surface area contributed by atoms with E-state index in [-0.39, 0.29) is 11.5 Å². The summed E-state index contributed by atoms with van der Waals surface area (Å²) in [6.45, 7) is 3.84. The van der Waals surface area contributed by atoms with Gasteiger partial charge in [0.15, 0.2) is 0 Å². The Kier molecular flexibility index (Phi) is 15.0. The van der Waals surface area contributed by atoms with E-state index in [9.17, 15) is 15.0 Å². The van der Waals surface area contributed by atoms with Crippen LogP contribution in [0.25, 0.3) is 21.8 Å². The second-order valence-electron chi connectivity index (χ2n) is 12.3. The normalized spacial score (nSPS) is 10.8. The van der Waals surface area contributed by atoms with E-state index in [0.29, 0.717) is 53.9 Å². The standard InChI is InChI=1S/C22H17Cl2N3O.C9H7NO.C7H4Cl2O.C6H8N2/c1-13-4-2-6-19(26-13)27-20(15-8-10-17(23)18(24)12-15)16-9-7-14-5-3-11-25-21(14)22(16)28;11-8-5-1-3-7-4-2-6-10-9(7)8;8-6-2-1-5(4-10)3-7(6)9;1-5-3-2-4-6(7)8-5/h2-12,20,28H,1H3,(H,26,27);1-6,11H;1-4H;2-4H,1H3,(H2,7,8). The Hall–Kier alpha value is -5.97. The summed E-state index contributed by atoms with van der Waals surface area (Å²) in [5.74, 6) is 1.64. The minimum atomic E-state index is -0.393. The average Bonchev–Trinajstić information content (AvgIpc) is 3.20. The lowest BCUT2D eigenvalue weighted by Crippen LogP contribution is -2.14. The number of hydrogen-bond acceptors (Lipinski definition) is 9. The topological polar surface area (TPSA) is 147 Å². The van der Waals surface area contributed by atoms with Crippen LogP contribution < -0.4 is 11.1 Å². The molecular formula is C44H36Cl4N6O3. The molecule has 1 atom stereocenters. The predicted molar refractivity (Wildman–Crippen MR) is 233 cm³/mol. The van der Waals surface area contributed by atoms with Gasteiger partial charge in [-0.3, -0.25) is 14.8 Å². The number of phenolic OH excluding ortho intramolecular Hbond substituents is 2. The van der Waals surface area contributed by atoms with Gasteiger partial charge in [-0.2, -0.15) is 0 Å². The third-order valence-corrected chi connectivity index (χ3v) is 9.63. The fourth-order valence-corrected chi connectivity index (χ4v) is 6.03. The maximum atomic E-state index is 11.0. The van der Waals surface area contributed by atoms with Gasteiger partial charge in [0.1, 0.15) is 40.5 Å². The Labute approximate surface area is 349 Å². The van der Waals surface area contributed by atoms with Crippen molar-refractivity contribution in [2.75, 3.05) is 11.1 Å². The predicted octanol–water partition coefficient (Wildman–Crippen LogP) is 11.9. The lowest BCUT2D eigenvalue weighted by molar-refractivity contribution is 0.112.